The summed E-state index contributed by atoms with van der Waals surface area (Å²) >= 11 is 16.7. The number of aromatic nitrogens is 1. The second-order valence-electron chi connectivity index (χ2n) is 5.62. The molecular weight excluding hydrogens is 440 g/mol. The Balaban J connectivity index is 1.77. The van der Waals surface area contributed by atoms with Gasteiger partial charge in [-0.2, -0.15) is 0 Å². The lowest BCUT2D eigenvalue weighted by Gasteiger charge is -2.10. The van der Waals surface area contributed by atoms with Crippen molar-refractivity contribution >= 4 is 67.2 Å². The largest absolute Gasteiger partial charge is 0.352 e. The molecule has 0 aliphatic carbocycles. The van der Waals surface area contributed by atoms with Gasteiger partial charge >= 0.3 is 0 Å². The maximum Gasteiger partial charge on any atom is 0.224 e. The molecule has 0 bridgehead atoms. The van der Waals surface area contributed by atoms with E-state index in [-0.39, 0.29) is 12.3 Å². The zero-order chi connectivity index (χ0) is 18.0. The van der Waals surface area contributed by atoms with Gasteiger partial charge in [0.25, 0.3) is 0 Å². The molecule has 7 heteroatoms. The predicted octanol–water partition coefficient (Wildman–Crippen LogP) is 5.73. The molecule has 130 valence electrons. The van der Waals surface area contributed by atoms with Crippen molar-refractivity contribution in [3.63, 3.8) is 0 Å². The van der Waals surface area contributed by atoms with E-state index in [9.17, 15) is 4.79 Å². The van der Waals surface area contributed by atoms with Crippen molar-refractivity contribution in [2.45, 2.75) is 26.4 Å². The molecule has 0 saturated heterocycles. The fourth-order valence-electron chi connectivity index (χ4n) is 2.61. The third-order valence-electron chi connectivity index (χ3n) is 3.89. The fourth-order valence-corrected chi connectivity index (χ4v) is 4.70. The summed E-state index contributed by atoms with van der Waals surface area (Å²) in [5, 5.41) is 4.65. The van der Waals surface area contributed by atoms with Crippen LogP contribution in [-0.2, 0) is 24.3 Å². The number of carbonyl (C=O) groups is 1. The molecule has 0 fully saturated rings. The number of fused-ring (bicyclic) bond motifs is 1. The molecule has 1 N–H and O–H groups in total. The van der Waals surface area contributed by atoms with Crippen LogP contribution in [0, 0.1) is 4.51 Å². The molecule has 0 unspecified atom stereocenters. The van der Waals surface area contributed by atoms with E-state index in [4.69, 9.17) is 23.8 Å². The van der Waals surface area contributed by atoms with E-state index >= 15 is 0 Å². The van der Waals surface area contributed by atoms with Crippen LogP contribution in [-0.4, -0.2) is 10.5 Å². The lowest BCUT2D eigenvalue weighted by atomic mass is 10.1. The van der Waals surface area contributed by atoms with Crippen LogP contribution in [0.5, 0.6) is 0 Å². The number of pyridine rings is 1. The number of nitrogens with zero attached hydrogens (tertiary/aromatic N) is 1. The number of halogens is 2. The number of aryl methyl sites for hydroxylation is 1. The maximum atomic E-state index is 12.3. The second-order valence-corrected chi connectivity index (χ2v) is 8.87. The molecule has 2 aromatic heterocycles. The molecule has 0 aliphatic heterocycles. The highest BCUT2D eigenvalue weighted by Crippen LogP contribution is 2.31. The van der Waals surface area contributed by atoms with Gasteiger partial charge in [-0.3, -0.25) is 4.79 Å². The molecule has 3 nitrogen and oxygen atoms in total. The highest BCUT2D eigenvalue weighted by atomic mass is 79.9. The van der Waals surface area contributed by atoms with Gasteiger partial charge in [0, 0.05) is 29.7 Å². The van der Waals surface area contributed by atoms with Crippen molar-refractivity contribution in [1.29, 1.82) is 0 Å². The minimum absolute atomic E-state index is 0.0441. The van der Waals surface area contributed by atoms with E-state index in [0.29, 0.717) is 11.6 Å². The number of carbonyl (C=O) groups excluding carboxylic acids is 1. The second kappa shape index (κ2) is 7.99. The first-order valence-corrected chi connectivity index (χ1v) is 10.2. The third kappa shape index (κ3) is 4.31. The Morgan fingerprint density at radius 1 is 1.36 bits per heavy atom. The highest BCUT2D eigenvalue weighted by molar-refractivity contribution is 9.11. The van der Waals surface area contributed by atoms with Crippen LogP contribution in [0.2, 0.25) is 5.02 Å². The first kappa shape index (κ1) is 18.6. The molecule has 0 saturated carbocycles. The van der Waals surface area contributed by atoms with Crippen molar-refractivity contribution in [1.82, 2.24) is 9.88 Å². The maximum absolute atomic E-state index is 12.3. The normalized spacial score (nSPS) is 11.0. The lowest BCUT2D eigenvalue weighted by Crippen LogP contribution is -2.24. The summed E-state index contributed by atoms with van der Waals surface area (Å²) in [6.45, 7) is 3.39. The Kier molecular flexibility index (Phi) is 5.94. The van der Waals surface area contributed by atoms with E-state index in [1.54, 1.807) is 11.3 Å². The van der Waals surface area contributed by atoms with Crippen molar-refractivity contribution in [3.05, 3.63) is 61.0 Å². The number of amides is 1. The number of hydrogen-bond donors (Lipinski definition) is 1. The van der Waals surface area contributed by atoms with Crippen LogP contribution >= 0.6 is 51.1 Å². The van der Waals surface area contributed by atoms with Crippen LogP contribution in [0.25, 0.3) is 10.2 Å². The minimum atomic E-state index is -0.0441. The van der Waals surface area contributed by atoms with Crippen LogP contribution in [0.4, 0.5) is 0 Å². The summed E-state index contributed by atoms with van der Waals surface area (Å²) in [6, 6.07) is 9.47. The van der Waals surface area contributed by atoms with Crippen molar-refractivity contribution in [3.8, 4) is 0 Å². The van der Waals surface area contributed by atoms with Gasteiger partial charge in [-0.05, 0) is 52.2 Å². The summed E-state index contributed by atoms with van der Waals surface area (Å²) in [7, 11) is 0. The van der Waals surface area contributed by atoms with Gasteiger partial charge in [0.1, 0.15) is 4.83 Å². The van der Waals surface area contributed by atoms with E-state index in [1.807, 2.05) is 36.5 Å². The van der Waals surface area contributed by atoms with Crippen LogP contribution in [0.15, 0.2) is 40.3 Å². The van der Waals surface area contributed by atoms with Crippen molar-refractivity contribution in [2.75, 3.05) is 0 Å². The molecule has 1 amide bonds. The predicted molar refractivity (Wildman–Crippen MR) is 111 cm³/mol. The molecule has 0 atom stereocenters. The summed E-state index contributed by atoms with van der Waals surface area (Å²) < 4.78 is 3.94. The Hall–Kier alpha value is -1.21. The third-order valence-corrected chi connectivity index (χ3v) is 6.30. The van der Waals surface area contributed by atoms with Gasteiger partial charge in [0.15, 0.2) is 0 Å². The molecule has 3 rings (SSSR count). The molecule has 0 aliphatic rings. The van der Waals surface area contributed by atoms with E-state index in [2.05, 4.69) is 32.7 Å². The van der Waals surface area contributed by atoms with Gasteiger partial charge in [-0.15, -0.1) is 11.3 Å². The molecule has 1 aromatic carbocycles. The summed E-state index contributed by atoms with van der Waals surface area (Å²) in [6.07, 6.45) is 2.27. The zero-order valence-electron chi connectivity index (χ0n) is 13.5. The number of rotatable bonds is 5. The van der Waals surface area contributed by atoms with Crippen molar-refractivity contribution < 1.29 is 4.79 Å². The Labute approximate surface area is 168 Å². The monoisotopic (exact) mass is 454 g/mol. The minimum Gasteiger partial charge on any atom is -0.352 e. The zero-order valence-corrected chi connectivity index (χ0v) is 17.5. The lowest BCUT2D eigenvalue weighted by molar-refractivity contribution is -0.120. The number of hydrogen-bond acceptors (Lipinski definition) is 3. The first-order chi connectivity index (χ1) is 12.0. The van der Waals surface area contributed by atoms with Crippen LogP contribution in [0.1, 0.15) is 18.1 Å². The molecular formula is C18H16BrClN2OS2. The summed E-state index contributed by atoms with van der Waals surface area (Å²) in [5.41, 5.74) is 1.89. The number of thiophene rings is 1. The molecule has 25 heavy (non-hydrogen) atoms. The summed E-state index contributed by atoms with van der Waals surface area (Å²) in [5.74, 6) is -0.0441. The summed E-state index contributed by atoms with van der Waals surface area (Å²) in [4.78, 5) is 13.5. The van der Waals surface area contributed by atoms with Crippen LogP contribution in [0.3, 0.4) is 0 Å². The van der Waals surface area contributed by atoms with Gasteiger partial charge in [-0.25, -0.2) is 0 Å². The number of nitrogens with one attached hydrogen (secondary N) is 1. The smallest absolute Gasteiger partial charge is 0.224 e. The number of benzene rings is 1. The SMILES string of the molecule is CCn1cc(CC(=O)NCc2ccc(Cl)cc2)c(=S)c2cc(Br)sc21. The molecule has 3 aromatic rings. The molecule has 0 spiro atoms. The van der Waals surface area contributed by atoms with Crippen molar-refractivity contribution in [2.24, 2.45) is 0 Å². The van der Waals surface area contributed by atoms with Gasteiger partial charge in [0.2, 0.25) is 5.91 Å². The first-order valence-electron chi connectivity index (χ1n) is 7.80. The molecule has 0 radical (unpaired) electrons. The Bertz CT molecular complexity index is 979. The molecule has 2 heterocycles. The van der Waals surface area contributed by atoms with Gasteiger partial charge in [0.05, 0.1) is 14.7 Å². The van der Waals surface area contributed by atoms with E-state index < -0.39 is 0 Å². The van der Waals surface area contributed by atoms with Crippen LogP contribution < -0.4 is 5.32 Å². The van der Waals surface area contributed by atoms with E-state index in [0.717, 1.165) is 36.2 Å². The quantitative estimate of drug-likeness (QED) is 0.499. The standard InChI is InChI=1S/C18H16BrClN2OS2/c1-2-22-10-12(17(24)14-8-15(19)25-18(14)22)7-16(23)21-9-11-3-5-13(20)6-4-11/h3-6,8,10H,2,7,9H2,1H3,(H,21,23). The average Bonchev–Trinajstić information content (AvgIpc) is 2.99. The topological polar surface area (TPSA) is 34.0 Å². The Morgan fingerprint density at radius 3 is 2.76 bits per heavy atom. The Morgan fingerprint density at radius 2 is 2.08 bits per heavy atom. The average molecular weight is 456 g/mol. The highest BCUT2D eigenvalue weighted by Gasteiger charge is 2.12. The van der Waals surface area contributed by atoms with Gasteiger partial charge < -0.3 is 9.88 Å². The fraction of sp³-hybridized carbons (Fsp3) is 0.222. The van der Waals surface area contributed by atoms with Gasteiger partial charge in [-0.1, -0.05) is 36.0 Å². The van der Waals surface area contributed by atoms with E-state index in [1.165, 1.54) is 0 Å².